The van der Waals surface area contributed by atoms with Crippen LogP contribution in [0.3, 0.4) is 0 Å². The predicted molar refractivity (Wildman–Crippen MR) is 116 cm³/mol. The van der Waals surface area contributed by atoms with E-state index in [-0.39, 0.29) is 12.4 Å². The number of nitrogens with two attached hydrogens (primary N) is 1. The molecule has 2 N–H and O–H groups in total. The quantitative estimate of drug-likeness (QED) is 0.448. The minimum absolute atomic E-state index is 0.212. The Morgan fingerprint density at radius 3 is 2.60 bits per heavy atom. The third-order valence-electron chi connectivity index (χ3n) is 4.92. The van der Waals surface area contributed by atoms with E-state index in [1.54, 1.807) is 0 Å². The van der Waals surface area contributed by atoms with Gasteiger partial charge in [0.15, 0.2) is 0 Å². The highest BCUT2D eigenvalue weighted by molar-refractivity contribution is 5.92. The van der Waals surface area contributed by atoms with Crippen molar-refractivity contribution in [3.63, 3.8) is 0 Å². The number of furan rings is 1. The van der Waals surface area contributed by atoms with E-state index in [0.717, 1.165) is 39.0 Å². The summed E-state index contributed by atoms with van der Waals surface area (Å²) in [6.45, 7) is 0.786. The second-order valence-electron chi connectivity index (χ2n) is 7.03. The molecular weight excluding hydrogens is 378 g/mol. The molecule has 4 aromatic rings. The zero-order chi connectivity index (χ0) is 20.9. The zero-order valence-electron chi connectivity index (χ0n) is 16.8. The SMILES string of the molecule is COC(=O)Cc1cccc(OCc2cc3cccc(-c4cccc(CN)c4)c3o2)c1. The molecule has 0 unspecified atom stereocenters. The molecular formula is C25H23NO4. The smallest absolute Gasteiger partial charge is 0.309 e. The molecule has 0 saturated carbocycles. The standard InChI is InChI=1S/C25H23NO4/c1-28-24(27)13-17-5-3-9-21(12-17)29-16-22-14-20-8-4-10-23(25(20)30-22)19-7-2-6-18(11-19)15-26/h2-12,14H,13,15-16,26H2,1H3. The zero-order valence-corrected chi connectivity index (χ0v) is 16.8. The summed E-state index contributed by atoms with van der Waals surface area (Å²) in [7, 11) is 1.38. The average Bonchev–Trinajstić information content (AvgIpc) is 3.21. The number of fused-ring (bicyclic) bond motifs is 1. The number of carbonyl (C=O) groups is 1. The van der Waals surface area contributed by atoms with Crippen molar-refractivity contribution in [2.75, 3.05) is 7.11 Å². The first-order valence-electron chi connectivity index (χ1n) is 9.75. The highest BCUT2D eigenvalue weighted by Crippen LogP contribution is 2.32. The van der Waals surface area contributed by atoms with Gasteiger partial charge in [0, 0.05) is 17.5 Å². The van der Waals surface area contributed by atoms with E-state index in [2.05, 4.69) is 12.1 Å². The number of carbonyl (C=O) groups excluding carboxylic acids is 1. The molecule has 0 spiro atoms. The van der Waals surface area contributed by atoms with Crippen LogP contribution >= 0.6 is 0 Å². The van der Waals surface area contributed by atoms with Gasteiger partial charge in [-0.25, -0.2) is 0 Å². The first-order valence-corrected chi connectivity index (χ1v) is 9.75. The van der Waals surface area contributed by atoms with Crippen LogP contribution in [0.2, 0.25) is 0 Å². The minimum atomic E-state index is -0.282. The third-order valence-corrected chi connectivity index (χ3v) is 4.92. The van der Waals surface area contributed by atoms with Crippen LogP contribution in [-0.2, 0) is 29.1 Å². The fourth-order valence-corrected chi connectivity index (χ4v) is 3.42. The normalized spacial score (nSPS) is 10.9. The van der Waals surface area contributed by atoms with E-state index >= 15 is 0 Å². The first kappa shape index (κ1) is 19.7. The summed E-state index contributed by atoms with van der Waals surface area (Å²) in [5.74, 6) is 1.12. The van der Waals surface area contributed by atoms with Crippen molar-refractivity contribution < 1.29 is 18.7 Å². The molecule has 4 rings (SSSR count). The number of ether oxygens (including phenoxy) is 2. The molecule has 0 bridgehead atoms. The van der Waals surface area contributed by atoms with E-state index in [1.165, 1.54) is 7.11 Å². The van der Waals surface area contributed by atoms with Crippen LogP contribution in [0.4, 0.5) is 0 Å². The van der Waals surface area contributed by atoms with Gasteiger partial charge in [0.25, 0.3) is 0 Å². The van der Waals surface area contributed by atoms with Crippen molar-refractivity contribution in [3.8, 4) is 16.9 Å². The Labute approximate surface area is 175 Å². The van der Waals surface area contributed by atoms with Crippen molar-refractivity contribution in [2.24, 2.45) is 5.73 Å². The fraction of sp³-hybridized carbons (Fsp3) is 0.160. The van der Waals surface area contributed by atoms with Gasteiger partial charge in [0.1, 0.15) is 23.7 Å². The lowest BCUT2D eigenvalue weighted by molar-refractivity contribution is -0.139. The monoisotopic (exact) mass is 401 g/mol. The number of hydrogen-bond donors (Lipinski definition) is 1. The number of rotatable bonds is 7. The second kappa shape index (κ2) is 8.84. The summed E-state index contributed by atoms with van der Waals surface area (Å²) in [4.78, 5) is 11.5. The van der Waals surface area contributed by atoms with Crippen molar-refractivity contribution in [1.29, 1.82) is 0 Å². The van der Waals surface area contributed by atoms with Crippen LogP contribution in [0.1, 0.15) is 16.9 Å². The lowest BCUT2D eigenvalue weighted by Crippen LogP contribution is -2.04. The van der Waals surface area contributed by atoms with Gasteiger partial charge in [0.05, 0.1) is 13.5 Å². The fourth-order valence-electron chi connectivity index (χ4n) is 3.42. The van der Waals surface area contributed by atoms with E-state index in [0.29, 0.717) is 18.9 Å². The second-order valence-corrected chi connectivity index (χ2v) is 7.03. The van der Waals surface area contributed by atoms with Gasteiger partial charge in [-0.2, -0.15) is 0 Å². The lowest BCUT2D eigenvalue weighted by atomic mass is 10.0. The molecule has 5 nitrogen and oxygen atoms in total. The first-order chi connectivity index (χ1) is 14.7. The molecule has 30 heavy (non-hydrogen) atoms. The Morgan fingerprint density at radius 1 is 0.967 bits per heavy atom. The molecule has 0 aliphatic carbocycles. The molecule has 0 aliphatic rings. The van der Waals surface area contributed by atoms with Crippen LogP contribution in [0, 0.1) is 0 Å². The van der Waals surface area contributed by atoms with Crippen molar-refractivity contribution in [3.05, 3.63) is 89.7 Å². The number of para-hydroxylation sites is 1. The van der Waals surface area contributed by atoms with E-state index in [9.17, 15) is 4.79 Å². The van der Waals surface area contributed by atoms with Gasteiger partial charge in [-0.15, -0.1) is 0 Å². The molecule has 3 aromatic carbocycles. The van der Waals surface area contributed by atoms with Gasteiger partial charge in [-0.3, -0.25) is 4.79 Å². The number of methoxy groups -OCH3 is 1. The molecule has 0 radical (unpaired) electrons. The maximum absolute atomic E-state index is 11.5. The minimum Gasteiger partial charge on any atom is -0.486 e. The molecule has 152 valence electrons. The van der Waals surface area contributed by atoms with E-state index in [4.69, 9.17) is 19.6 Å². The Morgan fingerprint density at radius 2 is 1.77 bits per heavy atom. The highest BCUT2D eigenvalue weighted by atomic mass is 16.5. The Hall–Kier alpha value is -3.57. The van der Waals surface area contributed by atoms with Crippen molar-refractivity contribution in [1.82, 2.24) is 0 Å². The number of esters is 1. The molecule has 1 aromatic heterocycles. The Bertz CT molecular complexity index is 1180. The van der Waals surface area contributed by atoms with Gasteiger partial charge in [-0.1, -0.05) is 48.5 Å². The van der Waals surface area contributed by atoms with Crippen LogP contribution in [0.25, 0.3) is 22.1 Å². The van der Waals surface area contributed by atoms with Gasteiger partial charge in [-0.05, 0) is 41.0 Å². The molecule has 0 amide bonds. The number of hydrogen-bond acceptors (Lipinski definition) is 5. The molecule has 0 fully saturated rings. The van der Waals surface area contributed by atoms with Crippen LogP contribution in [-0.4, -0.2) is 13.1 Å². The van der Waals surface area contributed by atoms with Gasteiger partial charge in [0.2, 0.25) is 0 Å². The topological polar surface area (TPSA) is 74.7 Å². The van der Waals surface area contributed by atoms with Crippen LogP contribution < -0.4 is 10.5 Å². The van der Waals surface area contributed by atoms with Crippen molar-refractivity contribution in [2.45, 2.75) is 19.6 Å². The maximum Gasteiger partial charge on any atom is 0.309 e. The summed E-state index contributed by atoms with van der Waals surface area (Å²) in [5.41, 5.74) is 10.6. The van der Waals surface area contributed by atoms with Crippen molar-refractivity contribution >= 4 is 16.9 Å². The predicted octanol–water partition coefficient (Wildman–Crippen LogP) is 4.85. The van der Waals surface area contributed by atoms with Crippen LogP contribution in [0.5, 0.6) is 5.75 Å². The van der Waals surface area contributed by atoms with Crippen LogP contribution in [0.15, 0.2) is 77.2 Å². The molecule has 0 aliphatic heterocycles. The Balaban J connectivity index is 1.55. The molecule has 5 heteroatoms. The highest BCUT2D eigenvalue weighted by Gasteiger charge is 2.11. The summed E-state index contributed by atoms with van der Waals surface area (Å²) in [6, 6.07) is 23.6. The van der Waals surface area contributed by atoms with E-state index in [1.807, 2.05) is 60.7 Å². The van der Waals surface area contributed by atoms with Gasteiger partial charge >= 0.3 is 5.97 Å². The summed E-state index contributed by atoms with van der Waals surface area (Å²) in [6.07, 6.45) is 0.212. The molecule has 0 saturated heterocycles. The molecule has 0 atom stereocenters. The summed E-state index contributed by atoms with van der Waals surface area (Å²) in [5, 5.41) is 1.02. The third kappa shape index (κ3) is 4.36. The lowest BCUT2D eigenvalue weighted by Gasteiger charge is -2.07. The largest absolute Gasteiger partial charge is 0.486 e. The van der Waals surface area contributed by atoms with Gasteiger partial charge < -0.3 is 19.6 Å². The summed E-state index contributed by atoms with van der Waals surface area (Å²) < 4.78 is 16.7. The molecule has 1 heterocycles. The summed E-state index contributed by atoms with van der Waals surface area (Å²) >= 11 is 0. The Kier molecular flexibility index (Phi) is 5.82. The number of benzene rings is 3. The maximum atomic E-state index is 11.5. The average molecular weight is 401 g/mol. The van der Waals surface area contributed by atoms with E-state index < -0.39 is 0 Å².